The first kappa shape index (κ1) is 45.9. The molecular weight excluding hydrogens is 835 g/mol. The first-order valence-corrected chi connectivity index (χ1v) is 19.5. The Kier molecular flexibility index (Phi) is 14.3. The Balaban J connectivity index is 0.000000213. The van der Waals surface area contributed by atoms with Gasteiger partial charge in [0.2, 0.25) is 20.0 Å². The molecule has 0 saturated carbocycles. The van der Waals surface area contributed by atoms with Crippen molar-refractivity contribution in [2.75, 3.05) is 19.8 Å². The highest BCUT2D eigenvalue weighted by Crippen LogP contribution is 2.32. The molecule has 0 aliphatic heterocycles. The number of benzene rings is 4. The summed E-state index contributed by atoms with van der Waals surface area (Å²) in [6.45, 7) is 0. The van der Waals surface area contributed by atoms with E-state index in [1.165, 1.54) is 65.9 Å². The van der Waals surface area contributed by atoms with Gasteiger partial charge in [-0.1, -0.05) is 48.5 Å². The van der Waals surface area contributed by atoms with Crippen LogP contribution in [0.25, 0.3) is 22.8 Å². The van der Waals surface area contributed by atoms with E-state index in [0.29, 0.717) is 45.7 Å². The summed E-state index contributed by atoms with van der Waals surface area (Å²) in [5.41, 5.74) is 6.31. The average Bonchev–Trinajstić information content (AvgIpc) is 3.82. The van der Waals surface area contributed by atoms with E-state index in [1.54, 1.807) is 26.2 Å². The second-order valence-corrected chi connectivity index (χ2v) is 15.9. The molecule has 2 heterocycles. The third-order valence-corrected chi connectivity index (χ3v) is 11.0. The van der Waals surface area contributed by atoms with Gasteiger partial charge in [0.05, 0.1) is 20.9 Å². The van der Waals surface area contributed by atoms with Crippen LogP contribution < -0.4 is 20.6 Å². The summed E-state index contributed by atoms with van der Waals surface area (Å²) in [5, 5.41) is 39.4. The third kappa shape index (κ3) is 11.7. The minimum atomic E-state index is -4.45. The van der Waals surface area contributed by atoms with Crippen LogP contribution in [0, 0.1) is 0 Å². The van der Waals surface area contributed by atoms with Crippen LogP contribution in [-0.2, 0) is 52.9 Å². The Bertz CT molecular complexity index is 2620. The van der Waals surface area contributed by atoms with Gasteiger partial charge >= 0.3 is 19.5 Å². The number of nitrogens with zero attached hydrogens (tertiary/aromatic N) is 8. The second kappa shape index (κ2) is 18.4. The molecule has 0 spiro atoms. The Hall–Kier alpha value is -5.80. The van der Waals surface area contributed by atoms with Crippen molar-refractivity contribution in [2.45, 2.75) is 28.6 Å². The molecule has 2 aromatic heterocycles. The molecule has 26 heteroatoms. The molecule has 4 aromatic carbocycles. The molecule has 0 aliphatic rings. The van der Waals surface area contributed by atoms with E-state index in [2.05, 4.69) is 40.5 Å². The monoisotopic (exact) mass is 869 g/mol. The zero-order chi connectivity index (χ0) is 43.9. The molecule has 0 amide bonds. The number of rotatable bonds is 9. The van der Waals surface area contributed by atoms with Gasteiger partial charge in [-0.2, -0.15) is 26.3 Å². The summed E-state index contributed by atoms with van der Waals surface area (Å²) < 4.78 is 130. The summed E-state index contributed by atoms with van der Waals surface area (Å²) in [6, 6.07) is 17.6. The number of aryl methyl sites for hydroxylation is 2. The largest absolute Gasteiger partial charge is 0.488 e. The van der Waals surface area contributed by atoms with Crippen LogP contribution in [0.5, 0.6) is 0 Å². The van der Waals surface area contributed by atoms with Crippen LogP contribution in [-0.4, -0.2) is 88.5 Å². The lowest BCUT2D eigenvalue weighted by molar-refractivity contribution is -0.138. The number of aromatic nitrogens is 8. The van der Waals surface area contributed by atoms with Crippen LogP contribution in [0.4, 0.5) is 32.0 Å². The maximum atomic E-state index is 13.0. The van der Waals surface area contributed by atoms with E-state index in [1.807, 2.05) is 0 Å². The number of nitrogen functional groups attached to an aromatic ring is 1. The lowest BCUT2D eigenvalue weighted by Gasteiger charge is -2.13. The number of tetrazole rings is 2. The molecule has 0 saturated heterocycles. The van der Waals surface area contributed by atoms with E-state index in [4.69, 9.17) is 15.8 Å². The van der Waals surface area contributed by atoms with Crippen molar-refractivity contribution in [1.82, 2.24) is 49.9 Å². The molecule has 6 rings (SSSR count). The van der Waals surface area contributed by atoms with Gasteiger partial charge in [0.15, 0.2) is 11.6 Å². The highest BCUT2D eigenvalue weighted by Gasteiger charge is 2.32. The van der Waals surface area contributed by atoms with Gasteiger partial charge in [-0.3, -0.25) is 0 Å². The summed E-state index contributed by atoms with van der Waals surface area (Å²) in [4.78, 5) is 0.109. The molecule has 0 aliphatic carbocycles. The summed E-state index contributed by atoms with van der Waals surface area (Å²) in [6.07, 6.45) is -8.76. The van der Waals surface area contributed by atoms with Gasteiger partial charge in [-0.25, -0.2) is 35.6 Å². The molecule has 6 aromatic rings. The molecule has 0 radical (unpaired) electrons. The molecule has 6 N–H and O–H groups in total. The third-order valence-electron chi connectivity index (χ3n) is 8.15. The van der Waals surface area contributed by atoms with E-state index in [0.717, 1.165) is 24.3 Å². The first-order chi connectivity index (χ1) is 27.5. The van der Waals surface area contributed by atoms with Gasteiger partial charge in [-0.05, 0) is 94.4 Å². The minimum absolute atomic E-state index is 0.000734. The van der Waals surface area contributed by atoms with Crippen molar-refractivity contribution in [1.29, 1.82) is 0 Å². The van der Waals surface area contributed by atoms with Gasteiger partial charge in [0.1, 0.15) is 0 Å². The number of halogens is 6. The minimum Gasteiger partial charge on any atom is -0.423 e. The Morgan fingerprint density at radius 2 is 1.15 bits per heavy atom. The van der Waals surface area contributed by atoms with Crippen molar-refractivity contribution in [3.8, 4) is 22.8 Å². The second-order valence-electron chi connectivity index (χ2n) is 12.1. The maximum Gasteiger partial charge on any atom is 0.488 e. The van der Waals surface area contributed by atoms with E-state index < -0.39 is 50.6 Å². The topological polar surface area (TPSA) is 246 Å². The van der Waals surface area contributed by atoms with Crippen LogP contribution in [0.15, 0.2) is 94.7 Å². The van der Waals surface area contributed by atoms with Gasteiger partial charge in [-0.15, -0.1) is 10.2 Å². The normalized spacial score (nSPS) is 11.9. The predicted octanol–water partition coefficient (Wildman–Crippen LogP) is 2.15. The number of hydrogen-bond acceptors (Lipinski definition) is 13. The zero-order valence-electron chi connectivity index (χ0n) is 31.1. The maximum absolute atomic E-state index is 13.0. The smallest absolute Gasteiger partial charge is 0.423 e. The molecular formula is C33H34BF6N11O6S2. The quantitative estimate of drug-likeness (QED) is 0.0796. The summed E-state index contributed by atoms with van der Waals surface area (Å²) in [5.74, 6) is 0.704. The summed E-state index contributed by atoms with van der Waals surface area (Å²) >= 11 is 0. The van der Waals surface area contributed by atoms with Gasteiger partial charge in [0.25, 0.3) is 0 Å². The molecule has 314 valence electrons. The van der Waals surface area contributed by atoms with Crippen LogP contribution >= 0.6 is 0 Å². The molecule has 0 unspecified atom stereocenters. The predicted molar refractivity (Wildman–Crippen MR) is 201 cm³/mol. The van der Waals surface area contributed by atoms with Gasteiger partial charge in [0, 0.05) is 30.9 Å². The fraction of sp³-hybridized carbons (Fsp3) is 0.212. The Morgan fingerprint density at radius 1 is 0.678 bits per heavy atom. The fourth-order valence-electron chi connectivity index (χ4n) is 5.09. The molecule has 0 fully saturated rings. The standard InChI is InChI=1S/C17H16F3N5O2S.C9H12N6O2S.C7H6BF3O2/c1-21-28(26,27)14-7-6-12(15(10-14)16-22-23-24-25(16)2)8-11-4-3-5-13(9-11)17(18,19)20;1-11-18(16,17)6-3-4-8(10)7(5-6)9-12-13-14-15(9)2;9-7(10,11)5-2-1-3-6(4-5)8(12)13/h3-7,9-10,21H,8H2,1-2H3;3-5,11H,10H2,1-2H3;1-4,12-13H. The number of nitrogens with two attached hydrogens (primary N) is 1. The summed E-state index contributed by atoms with van der Waals surface area (Å²) in [7, 11) is -3.25. The number of nitrogens with one attached hydrogen (secondary N) is 2. The van der Waals surface area contributed by atoms with Crippen LogP contribution in [0.1, 0.15) is 22.3 Å². The zero-order valence-corrected chi connectivity index (χ0v) is 32.8. The average molecular weight is 870 g/mol. The van der Waals surface area contributed by atoms with E-state index in [-0.39, 0.29) is 21.7 Å². The fourth-order valence-corrected chi connectivity index (χ4v) is 6.60. The highest BCUT2D eigenvalue weighted by molar-refractivity contribution is 7.89. The molecule has 0 atom stereocenters. The number of alkyl halides is 6. The van der Waals surface area contributed by atoms with E-state index >= 15 is 0 Å². The highest BCUT2D eigenvalue weighted by atomic mass is 32.2. The van der Waals surface area contributed by atoms with Crippen molar-refractivity contribution in [3.05, 3.63) is 107 Å². The number of anilines is 1. The SMILES string of the molecule is CNS(=O)(=O)c1ccc(Cc2cccc(C(F)(F)F)c2)c(-c2nnnn2C)c1.CNS(=O)(=O)c1ccc(N)c(-c2nnnn2C)c1.OB(O)c1cccc(C(F)(F)F)c1. The Morgan fingerprint density at radius 3 is 1.63 bits per heavy atom. The molecule has 59 heavy (non-hydrogen) atoms. The van der Waals surface area contributed by atoms with Crippen LogP contribution in [0.2, 0.25) is 0 Å². The van der Waals surface area contributed by atoms with E-state index in [9.17, 15) is 43.2 Å². The van der Waals surface area contributed by atoms with Crippen molar-refractivity contribution >= 4 is 38.3 Å². The molecule has 17 nitrogen and oxygen atoms in total. The van der Waals surface area contributed by atoms with Gasteiger partial charge < -0.3 is 15.8 Å². The Labute approximate surface area is 333 Å². The van der Waals surface area contributed by atoms with Crippen molar-refractivity contribution in [3.63, 3.8) is 0 Å². The van der Waals surface area contributed by atoms with Crippen molar-refractivity contribution < 1.29 is 53.2 Å². The lowest BCUT2D eigenvalue weighted by Crippen LogP contribution is -2.30. The number of sulfonamides is 2. The van der Waals surface area contributed by atoms with Crippen molar-refractivity contribution in [2.24, 2.45) is 14.1 Å². The number of hydrogen-bond donors (Lipinski definition) is 5. The molecule has 0 bridgehead atoms. The first-order valence-electron chi connectivity index (χ1n) is 16.5. The lowest BCUT2D eigenvalue weighted by atomic mass is 9.79. The van der Waals surface area contributed by atoms with Crippen LogP contribution in [0.3, 0.4) is 0 Å².